The van der Waals surface area contributed by atoms with Crippen molar-refractivity contribution >= 4 is 0 Å². The minimum atomic E-state index is -0.330. The van der Waals surface area contributed by atoms with Crippen LogP contribution in [0.4, 0.5) is 0 Å². The van der Waals surface area contributed by atoms with Crippen molar-refractivity contribution < 1.29 is 5.11 Å². The maximum absolute atomic E-state index is 10.4. The van der Waals surface area contributed by atoms with Crippen LogP contribution in [0.5, 0.6) is 0 Å². The van der Waals surface area contributed by atoms with E-state index < -0.39 is 0 Å². The van der Waals surface area contributed by atoms with E-state index in [4.69, 9.17) is 0 Å². The van der Waals surface area contributed by atoms with Crippen molar-refractivity contribution in [3.63, 3.8) is 0 Å². The zero-order chi connectivity index (χ0) is 10.6. The number of fused-ring (bicyclic) bond motifs is 4. The monoisotopic (exact) mass is 200 g/mol. The van der Waals surface area contributed by atoms with E-state index in [1.54, 1.807) is 0 Å². The van der Waals surface area contributed by atoms with Crippen LogP contribution in [0.15, 0.2) is 35.9 Å². The maximum Gasteiger partial charge on any atom is 0.0883 e. The van der Waals surface area contributed by atoms with Crippen molar-refractivity contribution in [1.82, 2.24) is 0 Å². The molecule has 0 amide bonds. The minimum Gasteiger partial charge on any atom is -0.387 e. The number of rotatable bonds is 0. The third kappa shape index (κ3) is 1.02. The molecular weight excluding hydrogens is 184 g/mol. The van der Waals surface area contributed by atoms with Crippen LogP contribution in [0.3, 0.4) is 0 Å². The van der Waals surface area contributed by atoms with Crippen LogP contribution < -0.4 is 0 Å². The summed E-state index contributed by atoms with van der Waals surface area (Å²) in [6.07, 6.45) is 3.06. The fourth-order valence-electron chi connectivity index (χ4n) is 3.14. The van der Waals surface area contributed by atoms with Crippen molar-refractivity contribution in [1.29, 1.82) is 0 Å². The third-order valence-electron chi connectivity index (χ3n) is 4.29. The van der Waals surface area contributed by atoms with Gasteiger partial charge in [0, 0.05) is 11.3 Å². The second kappa shape index (κ2) is 2.73. The topological polar surface area (TPSA) is 20.2 Å². The van der Waals surface area contributed by atoms with Crippen molar-refractivity contribution in [3.05, 3.63) is 47.0 Å². The summed E-state index contributed by atoms with van der Waals surface area (Å²) in [5, 5.41) is 10.4. The molecule has 0 radical (unpaired) electrons. The Bertz CT molecular complexity index is 446. The Morgan fingerprint density at radius 3 is 2.67 bits per heavy atom. The van der Waals surface area contributed by atoms with Crippen LogP contribution >= 0.6 is 0 Å². The van der Waals surface area contributed by atoms with Gasteiger partial charge in [-0.05, 0) is 24.5 Å². The quantitative estimate of drug-likeness (QED) is 0.638. The Hall–Kier alpha value is -1.08. The van der Waals surface area contributed by atoms with Gasteiger partial charge in [-0.2, -0.15) is 0 Å². The molecule has 1 aromatic carbocycles. The van der Waals surface area contributed by atoms with Gasteiger partial charge in [0.05, 0.1) is 6.10 Å². The van der Waals surface area contributed by atoms with E-state index in [2.05, 4.69) is 38.1 Å². The molecule has 3 atom stereocenters. The summed E-state index contributed by atoms with van der Waals surface area (Å²) in [5.41, 5.74) is 3.76. The Labute approximate surface area is 90.4 Å². The standard InChI is InChI=1S/C14H16O/c1-9-7-10-8-14(9,2)13(15)12-6-4-3-5-11(10)12/h3-7,10,13,15H,8H2,1-2H3/t10-,13-,14-/m0/s1. The molecule has 1 N–H and O–H groups in total. The predicted molar refractivity (Wildman–Crippen MR) is 60.6 cm³/mol. The lowest BCUT2D eigenvalue weighted by atomic mass is 9.69. The Morgan fingerprint density at radius 1 is 1.27 bits per heavy atom. The highest BCUT2D eigenvalue weighted by atomic mass is 16.3. The lowest BCUT2D eigenvalue weighted by Crippen LogP contribution is -2.29. The molecule has 78 valence electrons. The molecule has 1 nitrogen and oxygen atoms in total. The summed E-state index contributed by atoms with van der Waals surface area (Å²) in [5.74, 6) is 0.523. The molecule has 3 rings (SSSR count). The first-order chi connectivity index (χ1) is 7.13. The average molecular weight is 200 g/mol. The first-order valence-corrected chi connectivity index (χ1v) is 5.59. The molecule has 2 bridgehead atoms. The molecule has 15 heavy (non-hydrogen) atoms. The van der Waals surface area contributed by atoms with Gasteiger partial charge < -0.3 is 5.11 Å². The van der Waals surface area contributed by atoms with Crippen LogP contribution in [0.25, 0.3) is 0 Å². The number of benzene rings is 1. The largest absolute Gasteiger partial charge is 0.387 e. The number of aliphatic hydroxyl groups excluding tert-OH is 1. The molecule has 2 aliphatic rings. The third-order valence-corrected chi connectivity index (χ3v) is 4.29. The summed E-state index contributed by atoms with van der Waals surface area (Å²) in [4.78, 5) is 0. The molecule has 0 saturated heterocycles. The minimum absolute atomic E-state index is 0.0288. The highest BCUT2D eigenvalue weighted by Crippen LogP contribution is 2.57. The molecule has 0 heterocycles. The molecule has 0 unspecified atom stereocenters. The number of hydrogen-bond donors (Lipinski definition) is 1. The number of aliphatic hydroxyl groups is 1. The van der Waals surface area contributed by atoms with Gasteiger partial charge in [-0.15, -0.1) is 0 Å². The van der Waals surface area contributed by atoms with E-state index in [0.717, 1.165) is 12.0 Å². The van der Waals surface area contributed by atoms with E-state index in [9.17, 15) is 5.11 Å². The first-order valence-electron chi connectivity index (χ1n) is 5.59. The van der Waals surface area contributed by atoms with Gasteiger partial charge in [-0.25, -0.2) is 0 Å². The SMILES string of the molecule is CC1=C[C@H]2C[C@]1(C)[C@@H](O)c1ccccc12. The van der Waals surface area contributed by atoms with Gasteiger partial charge in [0.15, 0.2) is 0 Å². The van der Waals surface area contributed by atoms with Crippen molar-refractivity contribution in [2.75, 3.05) is 0 Å². The van der Waals surface area contributed by atoms with Crippen LogP contribution in [0.2, 0.25) is 0 Å². The molecule has 0 saturated carbocycles. The van der Waals surface area contributed by atoms with E-state index in [-0.39, 0.29) is 11.5 Å². The van der Waals surface area contributed by atoms with Gasteiger partial charge in [-0.1, -0.05) is 42.8 Å². The van der Waals surface area contributed by atoms with Crippen LogP contribution in [0.1, 0.15) is 43.4 Å². The fraction of sp³-hybridized carbons (Fsp3) is 0.429. The van der Waals surface area contributed by atoms with E-state index >= 15 is 0 Å². The second-order valence-corrected chi connectivity index (χ2v) is 5.11. The summed E-state index contributed by atoms with van der Waals surface area (Å²) >= 11 is 0. The van der Waals surface area contributed by atoms with Crippen molar-refractivity contribution in [2.45, 2.75) is 32.3 Å². The van der Waals surface area contributed by atoms with Gasteiger partial charge in [-0.3, -0.25) is 0 Å². The van der Waals surface area contributed by atoms with Crippen molar-refractivity contribution in [2.24, 2.45) is 5.41 Å². The molecule has 0 aliphatic heterocycles. The summed E-state index contributed by atoms with van der Waals surface area (Å²) < 4.78 is 0. The lowest BCUT2D eigenvalue weighted by molar-refractivity contribution is 0.0512. The van der Waals surface area contributed by atoms with Gasteiger partial charge >= 0.3 is 0 Å². The van der Waals surface area contributed by atoms with E-state index in [1.807, 2.05) is 6.07 Å². The number of hydrogen-bond acceptors (Lipinski definition) is 1. The average Bonchev–Trinajstić information content (AvgIpc) is 2.51. The Morgan fingerprint density at radius 2 is 1.93 bits per heavy atom. The summed E-state index contributed by atoms with van der Waals surface area (Å²) in [7, 11) is 0. The zero-order valence-corrected chi connectivity index (χ0v) is 9.20. The molecular formula is C14H16O. The predicted octanol–water partition coefficient (Wildman–Crippen LogP) is 3.17. The zero-order valence-electron chi connectivity index (χ0n) is 9.20. The van der Waals surface area contributed by atoms with E-state index in [0.29, 0.717) is 5.92 Å². The molecule has 1 aromatic rings. The molecule has 0 fully saturated rings. The summed E-state index contributed by atoms with van der Waals surface area (Å²) in [6, 6.07) is 8.30. The maximum atomic E-state index is 10.4. The Balaban J connectivity index is 2.24. The smallest absolute Gasteiger partial charge is 0.0883 e. The highest BCUT2D eigenvalue weighted by molar-refractivity contribution is 5.45. The van der Waals surface area contributed by atoms with Crippen molar-refractivity contribution in [3.8, 4) is 0 Å². The van der Waals surface area contributed by atoms with Gasteiger partial charge in [0.2, 0.25) is 0 Å². The van der Waals surface area contributed by atoms with E-state index in [1.165, 1.54) is 11.1 Å². The van der Waals surface area contributed by atoms with Gasteiger partial charge in [0.25, 0.3) is 0 Å². The molecule has 0 aromatic heterocycles. The normalized spacial score (nSPS) is 37.4. The lowest BCUT2D eigenvalue weighted by Gasteiger charge is -2.38. The molecule has 2 aliphatic carbocycles. The fourth-order valence-corrected chi connectivity index (χ4v) is 3.14. The molecule has 1 heteroatoms. The second-order valence-electron chi connectivity index (χ2n) is 5.11. The van der Waals surface area contributed by atoms with Gasteiger partial charge in [0.1, 0.15) is 0 Å². The Kier molecular flexibility index (Phi) is 1.67. The molecule has 0 spiro atoms. The summed E-state index contributed by atoms with van der Waals surface area (Å²) in [6.45, 7) is 4.33. The van der Waals surface area contributed by atoms with Crippen LogP contribution in [0, 0.1) is 5.41 Å². The number of allylic oxidation sites excluding steroid dienone is 1. The highest BCUT2D eigenvalue weighted by Gasteiger charge is 2.47. The van der Waals surface area contributed by atoms with Crippen LogP contribution in [-0.2, 0) is 0 Å². The van der Waals surface area contributed by atoms with Crippen LogP contribution in [-0.4, -0.2) is 5.11 Å². The first kappa shape index (κ1) is 9.17.